The Morgan fingerprint density at radius 1 is 1.62 bits per heavy atom. The molecule has 0 aliphatic heterocycles. The maximum atomic E-state index is 10.7. The predicted molar refractivity (Wildman–Crippen MR) is 51.8 cm³/mol. The van der Waals surface area contributed by atoms with Gasteiger partial charge in [0.1, 0.15) is 0 Å². The molecule has 13 heavy (non-hydrogen) atoms. The number of benzene rings is 1. The van der Waals surface area contributed by atoms with Crippen molar-refractivity contribution in [3.05, 3.63) is 17.2 Å². The third-order valence-corrected chi connectivity index (χ3v) is 1.70. The van der Waals surface area contributed by atoms with E-state index in [2.05, 4.69) is 5.32 Å². The number of anilines is 2. The van der Waals surface area contributed by atoms with Gasteiger partial charge in [0.25, 0.3) is 0 Å². The van der Waals surface area contributed by atoms with Gasteiger partial charge in [-0.2, -0.15) is 0 Å². The van der Waals surface area contributed by atoms with Crippen LogP contribution in [0.2, 0.25) is 5.02 Å². The summed E-state index contributed by atoms with van der Waals surface area (Å²) in [7, 11) is 0. The highest BCUT2D eigenvalue weighted by atomic mass is 35.5. The van der Waals surface area contributed by atoms with Crippen LogP contribution in [0, 0.1) is 0 Å². The van der Waals surface area contributed by atoms with E-state index in [-0.39, 0.29) is 22.4 Å². The average Bonchev–Trinajstić information content (AvgIpc) is 1.98. The number of nitrogens with one attached hydrogen (secondary N) is 1. The molecule has 0 heterocycles. The van der Waals surface area contributed by atoms with Crippen molar-refractivity contribution in [1.82, 2.24) is 0 Å². The highest BCUT2D eigenvalue weighted by molar-refractivity contribution is 6.32. The monoisotopic (exact) mass is 200 g/mol. The van der Waals surface area contributed by atoms with E-state index in [1.165, 1.54) is 19.1 Å². The molecule has 1 aromatic rings. The molecule has 70 valence electrons. The van der Waals surface area contributed by atoms with Crippen LogP contribution >= 0.6 is 11.6 Å². The van der Waals surface area contributed by atoms with Crippen molar-refractivity contribution in [2.45, 2.75) is 6.92 Å². The highest BCUT2D eigenvalue weighted by Gasteiger charge is 2.05. The van der Waals surface area contributed by atoms with E-state index in [0.29, 0.717) is 5.69 Å². The summed E-state index contributed by atoms with van der Waals surface area (Å²) in [4.78, 5) is 10.7. The number of carbonyl (C=O) groups excluding carboxylic acids is 1. The molecule has 0 aromatic heterocycles. The Bertz CT molecular complexity index is 329. The van der Waals surface area contributed by atoms with Gasteiger partial charge in [-0.25, -0.2) is 0 Å². The molecule has 0 radical (unpaired) electrons. The lowest BCUT2D eigenvalue weighted by molar-refractivity contribution is -0.114. The number of rotatable bonds is 1. The Hall–Kier alpha value is -1.42. The van der Waals surface area contributed by atoms with Crippen LogP contribution in [0.5, 0.6) is 5.75 Å². The number of nitrogen functional groups attached to an aromatic ring is 1. The lowest BCUT2D eigenvalue weighted by atomic mass is 10.2. The molecule has 0 aliphatic rings. The van der Waals surface area contributed by atoms with Crippen LogP contribution in [0.25, 0.3) is 0 Å². The number of phenolic OH excluding ortho intramolecular Hbond substituents is 1. The number of carbonyl (C=O) groups is 1. The summed E-state index contributed by atoms with van der Waals surface area (Å²) < 4.78 is 0. The molecule has 0 bridgehead atoms. The van der Waals surface area contributed by atoms with Crippen LogP contribution < -0.4 is 11.1 Å². The fourth-order valence-corrected chi connectivity index (χ4v) is 1.12. The molecule has 1 aromatic carbocycles. The van der Waals surface area contributed by atoms with E-state index in [1.807, 2.05) is 0 Å². The van der Waals surface area contributed by atoms with Crippen molar-refractivity contribution < 1.29 is 9.90 Å². The van der Waals surface area contributed by atoms with Gasteiger partial charge in [0.05, 0.1) is 10.7 Å². The number of hydrogen-bond acceptors (Lipinski definition) is 3. The van der Waals surface area contributed by atoms with Crippen molar-refractivity contribution in [1.29, 1.82) is 0 Å². The largest absolute Gasteiger partial charge is 0.504 e. The van der Waals surface area contributed by atoms with Crippen molar-refractivity contribution >= 4 is 28.9 Å². The standard InChI is InChI=1S/C8H9ClN2O2/c1-4(12)11-5-2-6(9)8(13)7(10)3-5/h2-3,13H,10H2,1H3,(H,11,12). The number of halogens is 1. The summed E-state index contributed by atoms with van der Waals surface area (Å²) in [5.41, 5.74) is 6.01. The second-order valence-electron chi connectivity index (χ2n) is 2.58. The van der Waals surface area contributed by atoms with Gasteiger partial charge in [0.2, 0.25) is 5.91 Å². The summed E-state index contributed by atoms with van der Waals surface area (Å²) in [6.45, 7) is 1.37. The molecule has 1 rings (SSSR count). The number of hydrogen-bond donors (Lipinski definition) is 3. The molecular weight excluding hydrogens is 192 g/mol. The van der Waals surface area contributed by atoms with E-state index >= 15 is 0 Å². The lowest BCUT2D eigenvalue weighted by Crippen LogP contribution is -2.06. The minimum atomic E-state index is -0.221. The lowest BCUT2D eigenvalue weighted by Gasteiger charge is -2.06. The van der Waals surface area contributed by atoms with Crippen molar-refractivity contribution in [3.63, 3.8) is 0 Å². The van der Waals surface area contributed by atoms with Crippen LogP contribution in [0.1, 0.15) is 6.92 Å². The Morgan fingerprint density at radius 2 is 2.23 bits per heavy atom. The second-order valence-corrected chi connectivity index (χ2v) is 2.98. The van der Waals surface area contributed by atoms with Gasteiger partial charge in [-0.05, 0) is 12.1 Å². The first-order chi connectivity index (χ1) is 6.00. The van der Waals surface area contributed by atoms with Crippen molar-refractivity contribution in [3.8, 4) is 5.75 Å². The molecule has 0 saturated heterocycles. The average molecular weight is 201 g/mol. The molecule has 0 fully saturated rings. The Labute approximate surface area is 80.3 Å². The molecular formula is C8H9ClN2O2. The smallest absolute Gasteiger partial charge is 0.221 e. The Kier molecular flexibility index (Phi) is 2.63. The first-order valence-electron chi connectivity index (χ1n) is 3.56. The molecule has 0 unspecified atom stereocenters. The van der Waals surface area contributed by atoms with Gasteiger partial charge in [-0.1, -0.05) is 11.6 Å². The Balaban J connectivity index is 3.06. The quantitative estimate of drug-likeness (QED) is 0.366. The molecule has 0 atom stereocenters. The Morgan fingerprint density at radius 3 is 2.69 bits per heavy atom. The predicted octanol–water partition coefficient (Wildman–Crippen LogP) is 1.59. The van der Waals surface area contributed by atoms with E-state index < -0.39 is 0 Å². The first kappa shape index (κ1) is 9.67. The minimum absolute atomic E-state index is 0.115. The van der Waals surface area contributed by atoms with Crippen LogP contribution in [-0.2, 0) is 4.79 Å². The van der Waals surface area contributed by atoms with Gasteiger partial charge < -0.3 is 16.2 Å². The zero-order chi connectivity index (χ0) is 10.0. The molecule has 0 aliphatic carbocycles. The summed E-state index contributed by atoms with van der Waals surface area (Å²) in [6, 6.07) is 2.86. The molecule has 0 saturated carbocycles. The molecule has 4 N–H and O–H groups in total. The minimum Gasteiger partial charge on any atom is -0.504 e. The van der Waals surface area contributed by atoms with E-state index in [9.17, 15) is 9.90 Å². The van der Waals surface area contributed by atoms with Crippen LogP contribution in [-0.4, -0.2) is 11.0 Å². The normalized spacial score (nSPS) is 9.69. The zero-order valence-electron chi connectivity index (χ0n) is 6.97. The number of aromatic hydroxyl groups is 1. The molecule has 1 amide bonds. The van der Waals surface area contributed by atoms with Crippen LogP contribution in [0.15, 0.2) is 12.1 Å². The zero-order valence-corrected chi connectivity index (χ0v) is 7.72. The maximum absolute atomic E-state index is 10.7. The van der Waals surface area contributed by atoms with Crippen LogP contribution in [0.3, 0.4) is 0 Å². The first-order valence-corrected chi connectivity index (χ1v) is 3.94. The third kappa shape index (κ3) is 2.26. The number of nitrogens with two attached hydrogens (primary N) is 1. The topological polar surface area (TPSA) is 75.4 Å². The maximum Gasteiger partial charge on any atom is 0.221 e. The third-order valence-electron chi connectivity index (χ3n) is 1.41. The van der Waals surface area contributed by atoms with Crippen LogP contribution in [0.4, 0.5) is 11.4 Å². The molecule has 5 heteroatoms. The summed E-state index contributed by atoms with van der Waals surface area (Å²) in [6.07, 6.45) is 0. The summed E-state index contributed by atoms with van der Waals surface area (Å²) >= 11 is 5.62. The fourth-order valence-electron chi connectivity index (χ4n) is 0.896. The van der Waals surface area contributed by atoms with E-state index in [4.69, 9.17) is 17.3 Å². The van der Waals surface area contributed by atoms with Gasteiger partial charge in [-0.3, -0.25) is 4.79 Å². The van der Waals surface area contributed by atoms with Crippen molar-refractivity contribution in [2.24, 2.45) is 0 Å². The van der Waals surface area contributed by atoms with E-state index in [1.54, 1.807) is 0 Å². The van der Waals surface area contributed by atoms with E-state index in [0.717, 1.165) is 0 Å². The second kappa shape index (κ2) is 3.53. The van der Waals surface area contributed by atoms with Gasteiger partial charge in [-0.15, -0.1) is 0 Å². The van der Waals surface area contributed by atoms with Gasteiger partial charge in [0, 0.05) is 12.6 Å². The number of phenols is 1. The van der Waals surface area contributed by atoms with Gasteiger partial charge in [0.15, 0.2) is 5.75 Å². The van der Waals surface area contributed by atoms with Gasteiger partial charge >= 0.3 is 0 Å². The fraction of sp³-hybridized carbons (Fsp3) is 0.125. The van der Waals surface area contributed by atoms with Crippen molar-refractivity contribution in [2.75, 3.05) is 11.1 Å². The molecule has 4 nitrogen and oxygen atoms in total. The molecule has 0 spiro atoms. The summed E-state index contributed by atoms with van der Waals surface area (Å²) in [5.74, 6) is -0.392. The highest BCUT2D eigenvalue weighted by Crippen LogP contribution is 2.32. The summed E-state index contributed by atoms with van der Waals surface area (Å²) in [5, 5.41) is 11.8. The SMILES string of the molecule is CC(=O)Nc1cc(N)c(O)c(Cl)c1. The number of amides is 1.